The van der Waals surface area contributed by atoms with Crippen molar-refractivity contribution in [1.82, 2.24) is 5.32 Å². The summed E-state index contributed by atoms with van der Waals surface area (Å²) in [6.45, 7) is 1.83. The van der Waals surface area contributed by atoms with Crippen LogP contribution in [0.15, 0.2) is 71.1 Å². The lowest BCUT2D eigenvalue weighted by atomic mass is 10.0. The largest absolute Gasteiger partial charge is 0.450 e. The van der Waals surface area contributed by atoms with E-state index in [0.29, 0.717) is 11.1 Å². The van der Waals surface area contributed by atoms with E-state index in [-0.39, 0.29) is 5.76 Å². The zero-order valence-corrected chi connectivity index (χ0v) is 14.7. The smallest absolute Gasteiger partial charge is 0.288 e. The van der Waals surface area contributed by atoms with Crippen LogP contribution in [-0.2, 0) is 4.79 Å². The summed E-state index contributed by atoms with van der Waals surface area (Å²) >= 11 is 0. The molecular weight excluding hydrogens is 340 g/mol. The molecule has 0 spiro atoms. The van der Waals surface area contributed by atoms with Crippen molar-refractivity contribution in [2.75, 3.05) is 0 Å². The molecular formula is C22H18N2O3. The van der Waals surface area contributed by atoms with Gasteiger partial charge in [-0.25, -0.2) is 0 Å². The third kappa shape index (κ3) is 2.93. The molecule has 2 amide bonds. The highest BCUT2D eigenvalue weighted by molar-refractivity contribution is 6.09. The molecule has 3 N–H and O–H groups in total. The Morgan fingerprint density at radius 1 is 0.926 bits per heavy atom. The van der Waals surface area contributed by atoms with E-state index in [2.05, 4.69) is 5.32 Å². The third-order valence-corrected chi connectivity index (χ3v) is 4.73. The summed E-state index contributed by atoms with van der Waals surface area (Å²) in [4.78, 5) is 24.7. The Kier molecular flexibility index (Phi) is 4.12. The van der Waals surface area contributed by atoms with Crippen molar-refractivity contribution in [3.8, 4) is 0 Å². The number of furan rings is 1. The van der Waals surface area contributed by atoms with Gasteiger partial charge in [-0.05, 0) is 17.9 Å². The fourth-order valence-corrected chi connectivity index (χ4v) is 3.33. The Bertz CT molecular complexity index is 1160. The van der Waals surface area contributed by atoms with E-state index in [1.54, 1.807) is 24.3 Å². The van der Waals surface area contributed by atoms with E-state index in [0.717, 1.165) is 21.7 Å². The number of primary amides is 1. The van der Waals surface area contributed by atoms with E-state index in [4.69, 9.17) is 10.2 Å². The summed E-state index contributed by atoms with van der Waals surface area (Å²) in [7, 11) is 0. The van der Waals surface area contributed by atoms with Crippen LogP contribution in [0.4, 0.5) is 0 Å². The summed E-state index contributed by atoms with van der Waals surface area (Å²) in [6.07, 6.45) is 0. The zero-order chi connectivity index (χ0) is 19.0. The number of aryl methyl sites for hydroxylation is 1. The zero-order valence-electron chi connectivity index (χ0n) is 14.7. The number of amides is 2. The Hall–Kier alpha value is -3.60. The fourth-order valence-electron chi connectivity index (χ4n) is 3.33. The van der Waals surface area contributed by atoms with E-state index in [1.165, 1.54) is 0 Å². The molecule has 0 bridgehead atoms. The van der Waals surface area contributed by atoms with Crippen LogP contribution >= 0.6 is 0 Å². The van der Waals surface area contributed by atoms with Crippen molar-refractivity contribution >= 4 is 33.6 Å². The number of hydrogen-bond donors (Lipinski definition) is 2. The van der Waals surface area contributed by atoms with Gasteiger partial charge < -0.3 is 15.5 Å². The average molecular weight is 358 g/mol. The number of hydrogen-bond acceptors (Lipinski definition) is 3. The maximum Gasteiger partial charge on any atom is 0.288 e. The number of fused-ring (bicyclic) bond motifs is 3. The highest BCUT2D eigenvalue weighted by Crippen LogP contribution is 2.32. The Morgan fingerprint density at radius 3 is 2.37 bits per heavy atom. The Balaban J connectivity index is 1.75. The molecule has 1 heterocycles. The van der Waals surface area contributed by atoms with Gasteiger partial charge in [0.1, 0.15) is 11.6 Å². The van der Waals surface area contributed by atoms with E-state index >= 15 is 0 Å². The van der Waals surface area contributed by atoms with Gasteiger partial charge >= 0.3 is 0 Å². The highest BCUT2D eigenvalue weighted by atomic mass is 16.3. The second-order valence-electron chi connectivity index (χ2n) is 6.44. The number of carbonyl (C=O) groups excluding carboxylic acids is 2. The first kappa shape index (κ1) is 16.8. The van der Waals surface area contributed by atoms with Crippen molar-refractivity contribution < 1.29 is 14.0 Å². The molecule has 5 heteroatoms. The number of nitrogens with one attached hydrogen (secondary N) is 1. The molecule has 4 aromatic rings. The molecule has 0 radical (unpaired) electrons. The summed E-state index contributed by atoms with van der Waals surface area (Å²) in [5.74, 6) is -0.919. The number of nitrogens with two attached hydrogens (primary N) is 1. The molecule has 1 unspecified atom stereocenters. The minimum atomic E-state index is -0.928. The number of rotatable bonds is 4. The monoisotopic (exact) mass is 358 g/mol. The predicted molar refractivity (Wildman–Crippen MR) is 104 cm³/mol. The summed E-state index contributed by atoms with van der Waals surface area (Å²) in [5.41, 5.74) is 7.51. The van der Waals surface area contributed by atoms with Crippen LogP contribution in [0.1, 0.15) is 27.7 Å². The molecule has 5 nitrogen and oxygen atoms in total. The summed E-state index contributed by atoms with van der Waals surface area (Å²) < 4.78 is 5.93. The van der Waals surface area contributed by atoms with Gasteiger partial charge in [0.05, 0.1) is 0 Å². The Labute approximate surface area is 155 Å². The maximum atomic E-state index is 12.8. The lowest BCUT2D eigenvalue weighted by Crippen LogP contribution is -2.37. The van der Waals surface area contributed by atoms with Gasteiger partial charge in [-0.15, -0.1) is 0 Å². The number of carbonyl (C=O) groups is 2. The first-order valence-corrected chi connectivity index (χ1v) is 8.62. The van der Waals surface area contributed by atoms with Crippen LogP contribution in [0.5, 0.6) is 0 Å². The first-order chi connectivity index (χ1) is 13.1. The van der Waals surface area contributed by atoms with Crippen molar-refractivity contribution in [3.63, 3.8) is 0 Å². The van der Waals surface area contributed by atoms with Crippen LogP contribution in [0.3, 0.4) is 0 Å². The van der Waals surface area contributed by atoms with Gasteiger partial charge in [0.2, 0.25) is 5.91 Å². The topological polar surface area (TPSA) is 85.3 Å². The van der Waals surface area contributed by atoms with Crippen molar-refractivity contribution in [3.05, 3.63) is 83.6 Å². The summed E-state index contributed by atoms with van der Waals surface area (Å²) in [5, 5.41) is 5.53. The van der Waals surface area contributed by atoms with Crippen LogP contribution in [0, 0.1) is 6.92 Å². The SMILES string of the molecule is Cc1c(C(=O)NC(C(N)=O)c2ccccc2)oc2c1ccc1ccccc12. The molecule has 0 aliphatic heterocycles. The molecule has 0 fully saturated rings. The molecule has 0 aliphatic carbocycles. The highest BCUT2D eigenvalue weighted by Gasteiger charge is 2.25. The van der Waals surface area contributed by atoms with Crippen molar-refractivity contribution in [2.45, 2.75) is 13.0 Å². The lowest BCUT2D eigenvalue weighted by molar-refractivity contribution is -0.120. The first-order valence-electron chi connectivity index (χ1n) is 8.62. The minimum Gasteiger partial charge on any atom is -0.450 e. The van der Waals surface area contributed by atoms with E-state index < -0.39 is 17.9 Å². The molecule has 0 saturated carbocycles. The molecule has 4 rings (SSSR count). The Morgan fingerprint density at radius 2 is 1.63 bits per heavy atom. The van der Waals surface area contributed by atoms with Crippen molar-refractivity contribution in [2.24, 2.45) is 5.73 Å². The van der Waals surface area contributed by atoms with Gasteiger partial charge in [-0.2, -0.15) is 0 Å². The second kappa shape index (κ2) is 6.61. The van der Waals surface area contributed by atoms with Gasteiger partial charge in [0.25, 0.3) is 5.91 Å². The lowest BCUT2D eigenvalue weighted by Gasteiger charge is -2.15. The molecule has 134 valence electrons. The normalized spacial score (nSPS) is 12.2. The third-order valence-electron chi connectivity index (χ3n) is 4.73. The summed E-state index contributed by atoms with van der Waals surface area (Å²) in [6, 6.07) is 19.7. The maximum absolute atomic E-state index is 12.8. The van der Waals surface area contributed by atoms with Gasteiger partial charge in [-0.3, -0.25) is 9.59 Å². The minimum absolute atomic E-state index is 0.184. The van der Waals surface area contributed by atoms with Crippen LogP contribution in [0.25, 0.3) is 21.7 Å². The number of benzene rings is 3. The molecule has 27 heavy (non-hydrogen) atoms. The molecule has 1 aromatic heterocycles. The standard InChI is InChI=1S/C22H18N2O3/c1-13-16-12-11-14-7-5-6-10-17(14)20(16)27-19(13)22(26)24-18(21(23)25)15-8-3-2-4-9-15/h2-12,18H,1H3,(H2,23,25)(H,24,26). The molecule has 3 aromatic carbocycles. The van der Waals surface area contributed by atoms with Crippen LogP contribution in [-0.4, -0.2) is 11.8 Å². The van der Waals surface area contributed by atoms with Crippen molar-refractivity contribution in [1.29, 1.82) is 0 Å². The van der Waals surface area contributed by atoms with E-state index in [1.807, 2.05) is 49.4 Å². The van der Waals surface area contributed by atoms with E-state index in [9.17, 15) is 9.59 Å². The molecule has 0 saturated heterocycles. The average Bonchev–Trinajstić information content (AvgIpc) is 3.03. The van der Waals surface area contributed by atoms with Gasteiger partial charge in [0, 0.05) is 16.3 Å². The van der Waals surface area contributed by atoms with Gasteiger partial charge in [0.15, 0.2) is 5.76 Å². The predicted octanol–water partition coefficient (Wildman–Crippen LogP) is 3.85. The molecule has 1 atom stereocenters. The molecule has 0 aliphatic rings. The fraction of sp³-hybridized carbons (Fsp3) is 0.0909. The van der Waals surface area contributed by atoms with Crippen LogP contribution in [0.2, 0.25) is 0 Å². The van der Waals surface area contributed by atoms with Gasteiger partial charge in [-0.1, -0.05) is 66.7 Å². The quantitative estimate of drug-likeness (QED) is 0.581. The second-order valence-corrected chi connectivity index (χ2v) is 6.44. The van der Waals surface area contributed by atoms with Crippen LogP contribution < -0.4 is 11.1 Å².